The minimum absolute atomic E-state index is 0.0179. The summed E-state index contributed by atoms with van der Waals surface area (Å²) in [6.07, 6.45) is 0. The first-order valence-corrected chi connectivity index (χ1v) is 11.2. The van der Waals surface area contributed by atoms with Crippen molar-refractivity contribution in [2.45, 2.75) is 38.2 Å². The molecule has 0 N–H and O–H groups in total. The molecular weight excluding hydrogens is 441 g/mol. The second-order valence-electron chi connectivity index (χ2n) is 7.21. The van der Waals surface area contributed by atoms with Gasteiger partial charge in [0.15, 0.2) is 10.0 Å². The third-order valence-corrected chi connectivity index (χ3v) is 7.02. The Morgan fingerprint density at radius 2 is 1.93 bits per heavy atom. The quantitative estimate of drug-likeness (QED) is 0.572. The molecule has 0 spiro atoms. The van der Waals surface area contributed by atoms with Gasteiger partial charge in [0.2, 0.25) is 0 Å². The van der Waals surface area contributed by atoms with Crippen LogP contribution >= 0.6 is 11.3 Å². The Morgan fingerprint density at radius 1 is 1.23 bits per heavy atom. The van der Waals surface area contributed by atoms with Crippen LogP contribution in [-0.4, -0.2) is 48.7 Å². The van der Waals surface area contributed by atoms with Gasteiger partial charge in [-0.2, -0.15) is 13.2 Å². The zero-order chi connectivity index (χ0) is 22.3. The van der Waals surface area contributed by atoms with Crippen LogP contribution in [0.15, 0.2) is 28.4 Å². The normalized spacial score (nSPS) is 23.4. The largest absolute Gasteiger partial charge is 0.568 e. The molecule has 0 bridgehead atoms. The molecule has 2 heterocycles. The molecule has 8 nitrogen and oxygen atoms in total. The van der Waals surface area contributed by atoms with Crippen molar-refractivity contribution in [3.63, 3.8) is 0 Å². The summed E-state index contributed by atoms with van der Waals surface area (Å²) < 4.78 is 65.1. The Labute approximate surface area is 176 Å². The number of nitrogens with zero attached hydrogens (tertiary/aromatic N) is 6. The number of rotatable bonds is 5. The fourth-order valence-electron chi connectivity index (χ4n) is 3.32. The SMILES string of the molecule is Cc1nnc(N=Nc2ccc(C3CN(C)C(C)C3C)cc2[N-]S(=O)(=O)C(F)(F)F)s1. The van der Waals surface area contributed by atoms with Gasteiger partial charge in [0.1, 0.15) is 5.01 Å². The molecule has 0 saturated carbocycles. The highest BCUT2D eigenvalue weighted by Gasteiger charge is 2.39. The smallest absolute Gasteiger partial charge is 0.483 e. The topological polar surface area (TPSA) is 102 Å². The number of alkyl halides is 3. The first-order valence-electron chi connectivity index (χ1n) is 8.99. The van der Waals surface area contributed by atoms with Gasteiger partial charge in [-0.25, -0.2) is 8.42 Å². The van der Waals surface area contributed by atoms with Crippen LogP contribution in [0, 0.1) is 12.8 Å². The molecule has 3 unspecified atom stereocenters. The summed E-state index contributed by atoms with van der Waals surface area (Å²) in [6, 6.07) is 4.75. The average Bonchev–Trinajstić information content (AvgIpc) is 3.17. The number of aryl methyl sites for hydroxylation is 1. The lowest BCUT2D eigenvalue weighted by Crippen LogP contribution is -2.24. The predicted octanol–water partition coefficient (Wildman–Crippen LogP) is 5.17. The van der Waals surface area contributed by atoms with E-state index in [-0.39, 0.29) is 28.7 Å². The number of likely N-dealkylation sites (N-methyl/N-ethyl adjacent to an activating group) is 1. The van der Waals surface area contributed by atoms with E-state index in [0.717, 1.165) is 11.3 Å². The third-order valence-electron chi connectivity index (χ3n) is 5.27. The highest BCUT2D eigenvalue weighted by atomic mass is 32.2. The van der Waals surface area contributed by atoms with E-state index in [1.807, 2.05) is 14.0 Å². The number of benzene rings is 1. The lowest BCUT2D eigenvalue weighted by Gasteiger charge is -2.26. The van der Waals surface area contributed by atoms with Gasteiger partial charge in [-0.3, -0.25) is 0 Å². The van der Waals surface area contributed by atoms with Crippen molar-refractivity contribution >= 4 is 37.9 Å². The van der Waals surface area contributed by atoms with Gasteiger partial charge in [0, 0.05) is 18.5 Å². The second-order valence-corrected chi connectivity index (χ2v) is 9.97. The van der Waals surface area contributed by atoms with Crippen LogP contribution < -0.4 is 0 Å². The van der Waals surface area contributed by atoms with Crippen molar-refractivity contribution in [3.05, 3.63) is 33.5 Å². The van der Waals surface area contributed by atoms with Crippen LogP contribution in [0.5, 0.6) is 0 Å². The zero-order valence-electron chi connectivity index (χ0n) is 16.6. The maximum Gasteiger partial charge on any atom is 0.483 e. The molecule has 1 aromatic heterocycles. The molecule has 0 radical (unpaired) electrons. The minimum Gasteiger partial charge on any atom is -0.568 e. The summed E-state index contributed by atoms with van der Waals surface area (Å²) in [4.78, 5) is 2.14. The van der Waals surface area contributed by atoms with Crippen LogP contribution in [0.25, 0.3) is 4.72 Å². The van der Waals surface area contributed by atoms with E-state index in [9.17, 15) is 21.6 Å². The Bertz CT molecular complexity index is 1050. The number of azo groups is 1. The van der Waals surface area contributed by atoms with E-state index in [1.54, 1.807) is 13.0 Å². The maximum atomic E-state index is 12.9. The molecule has 1 aliphatic rings. The molecule has 2 aromatic rings. The van der Waals surface area contributed by atoms with Crippen LogP contribution in [0.3, 0.4) is 0 Å². The molecule has 1 saturated heterocycles. The molecule has 3 rings (SSSR count). The Morgan fingerprint density at radius 3 is 2.47 bits per heavy atom. The van der Waals surface area contributed by atoms with Gasteiger partial charge >= 0.3 is 5.51 Å². The van der Waals surface area contributed by atoms with Crippen LogP contribution in [0.1, 0.15) is 30.3 Å². The summed E-state index contributed by atoms with van der Waals surface area (Å²) in [5.74, 6) is 0.239. The fraction of sp³-hybridized carbons (Fsp3) is 0.529. The molecule has 1 fully saturated rings. The summed E-state index contributed by atoms with van der Waals surface area (Å²) in [7, 11) is -3.77. The molecule has 0 aliphatic carbocycles. The lowest BCUT2D eigenvalue weighted by molar-refractivity contribution is -0.0425. The number of aromatic nitrogens is 2. The van der Waals surface area contributed by atoms with Crippen LogP contribution in [0.4, 0.5) is 29.7 Å². The summed E-state index contributed by atoms with van der Waals surface area (Å²) in [6.45, 7) is 6.52. The standard InChI is InChI=1S/C17H20F3N6O2S2/c1-9-10(2)26(4)8-13(9)12-5-6-14(22-24-16-23-21-11(3)29-16)15(7-12)25-30(27,28)17(18,19)20/h5-7,9-10,13H,8H2,1-4H3/q-1. The van der Waals surface area contributed by atoms with Crippen LogP contribution in [-0.2, 0) is 10.0 Å². The molecule has 13 heteroatoms. The number of halogens is 3. The molecule has 3 atom stereocenters. The van der Waals surface area contributed by atoms with Gasteiger partial charge in [0.05, 0.1) is 5.69 Å². The van der Waals surface area contributed by atoms with E-state index in [2.05, 4.69) is 37.0 Å². The van der Waals surface area contributed by atoms with Gasteiger partial charge in [-0.1, -0.05) is 36.1 Å². The maximum absolute atomic E-state index is 12.9. The second kappa shape index (κ2) is 8.19. The Balaban J connectivity index is 2.00. The fourth-order valence-corrected chi connectivity index (χ4v) is 4.34. The molecule has 164 valence electrons. The van der Waals surface area contributed by atoms with E-state index in [0.29, 0.717) is 17.1 Å². The van der Waals surface area contributed by atoms with Crippen molar-refractivity contribution in [2.24, 2.45) is 16.1 Å². The molecule has 30 heavy (non-hydrogen) atoms. The third kappa shape index (κ3) is 4.62. The van der Waals surface area contributed by atoms with Crippen molar-refractivity contribution in [1.82, 2.24) is 15.1 Å². The molecular formula is C17H20F3N6O2S2-. The first-order chi connectivity index (χ1) is 13.9. The van der Waals surface area contributed by atoms with Gasteiger partial charge < -0.3 is 9.62 Å². The van der Waals surface area contributed by atoms with Crippen molar-refractivity contribution < 1.29 is 21.6 Å². The highest BCUT2D eigenvalue weighted by molar-refractivity contribution is 7.95. The number of hydrogen-bond donors (Lipinski definition) is 0. The lowest BCUT2D eigenvalue weighted by atomic mass is 9.87. The predicted molar refractivity (Wildman–Crippen MR) is 107 cm³/mol. The zero-order valence-corrected chi connectivity index (χ0v) is 18.3. The van der Waals surface area contributed by atoms with Crippen molar-refractivity contribution in [2.75, 3.05) is 13.6 Å². The number of hydrogen-bond acceptors (Lipinski definition) is 8. The Kier molecular flexibility index (Phi) is 6.16. The monoisotopic (exact) mass is 461 g/mol. The van der Waals surface area contributed by atoms with Crippen LogP contribution in [0.2, 0.25) is 0 Å². The number of likely N-dealkylation sites (tertiary alicyclic amines) is 1. The van der Waals surface area contributed by atoms with Gasteiger partial charge in [0.25, 0.3) is 5.13 Å². The van der Waals surface area contributed by atoms with E-state index in [1.165, 1.54) is 12.1 Å². The summed E-state index contributed by atoms with van der Waals surface area (Å²) in [5.41, 5.74) is -5.33. The molecule has 1 aliphatic heterocycles. The van der Waals surface area contributed by atoms with Crippen molar-refractivity contribution in [1.29, 1.82) is 0 Å². The molecule has 1 aromatic carbocycles. The van der Waals surface area contributed by atoms with Gasteiger partial charge in [-0.05, 0) is 38.4 Å². The van der Waals surface area contributed by atoms with E-state index < -0.39 is 21.2 Å². The van der Waals surface area contributed by atoms with E-state index in [4.69, 9.17) is 0 Å². The highest BCUT2D eigenvalue weighted by Crippen LogP contribution is 2.44. The Hall–Kier alpha value is -2.12. The molecule has 0 amide bonds. The van der Waals surface area contributed by atoms with Gasteiger partial charge in [-0.15, -0.1) is 20.4 Å². The minimum atomic E-state index is -5.74. The average molecular weight is 462 g/mol. The first kappa shape index (κ1) is 22.6. The number of sulfonamides is 1. The summed E-state index contributed by atoms with van der Waals surface area (Å²) >= 11 is 1.14. The van der Waals surface area contributed by atoms with Crippen molar-refractivity contribution in [3.8, 4) is 0 Å². The summed E-state index contributed by atoms with van der Waals surface area (Å²) in [5, 5.41) is 16.1. The van der Waals surface area contributed by atoms with E-state index >= 15 is 0 Å².